The Morgan fingerprint density at radius 1 is 1.00 bits per heavy atom. The fourth-order valence-corrected chi connectivity index (χ4v) is 6.26. The van der Waals surface area contributed by atoms with Crippen molar-refractivity contribution in [2.24, 2.45) is 17.3 Å². The Labute approximate surface area is 127 Å². The van der Waals surface area contributed by atoms with Gasteiger partial charge in [-0.05, 0) is 73.3 Å². The summed E-state index contributed by atoms with van der Waals surface area (Å²) >= 11 is 0. The van der Waals surface area contributed by atoms with Gasteiger partial charge < -0.3 is 0 Å². The van der Waals surface area contributed by atoms with Gasteiger partial charge in [0.05, 0.1) is 0 Å². The molecule has 5 atom stereocenters. The van der Waals surface area contributed by atoms with Gasteiger partial charge in [0.1, 0.15) is 5.78 Å². The lowest BCUT2D eigenvalue weighted by Gasteiger charge is -2.46. The largest absolute Gasteiger partial charge is 0.299 e. The van der Waals surface area contributed by atoms with Gasteiger partial charge in [0.25, 0.3) is 0 Å². The lowest BCUT2D eigenvalue weighted by atomic mass is 9.56. The molecule has 5 rings (SSSR count). The van der Waals surface area contributed by atoms with E-state index in [9.17, 15) is 4.79 Å². The standard InChI is InChI=1S/C20H24O/c21-19-9-3-8-18-16-7-2-1-6-15(16)17-12-13(17)11-14-5-4-10-20(14,18)19/h1-2,6-7,13-14,17-18H,3-5,8-12H2/t13-,14-,17+,18+,20+/m1/s1. The Morgan fingerprint density at radius 2 is 1.86 bits per heavy atom. The van der Waals surface area contributed by atoms with Crippen molar-refractivity contribution in [3.63, 3.8) is 0 Å². The summed E-state index contributed by atoms with van der Waals surface area (Å²) in [6.07, 6.45) is 9.69. The van der Waals surface area contributed by atoms with Gasteiger partial charge in [-0.25, -0.2) is 0 Å². The van der Waals surface area contributed by atoms with Crippen LogP contribution in [0.3, 0.4) is 0 Å². The third-order valence-corrected chi connectivity index (χ3v) is 7.19. The van der Waals surface area contributed by atoms with Crippen LogP contribution < -0.4 is 0 Å². The van der Waals surface area contributed by atoms with Crippen molar-refractivity contribution in [1.29, 1.82) is 0 Å². The second-order valence-electron chi connectivity index (χ2n) is 7.96. The summed E-state index contributed by atoms with van der Waals surface area (Å²) in [5.74, 6) is 3.54. The Kier molecular flexibility index (Phi) is 2.49. The minimum atomic E-state index is 0.0297. The predicted octanol–water partition coefficient (Wildman–Crippen LogP) is 4.82. The minimum absolute atomic E-state index is 0.0297. The molecular formula is C20H24O. The highest BCUT2D eigenvalue weighted by Crippen LogP contribution is 2.66. The second-order valence-corrected chi connectivity index (χ2v) is 7.96. The molecule has 0 heterocycles. The molecule has 1 aromatic carbocycles. The maximum Gasteiger partial charge on any atom is 0.139 e. The molecule has 21 heavy (non-hydrogen) atoms. The van der Waals surface area contributed by atoms with Crippen molar-refractivity contribution < 1.29 is 4.79 Å². The molecule has 0 bridgehead atoms. The van der Waals surface area contributed by atoms with Crippen LogP contribution in [0.4, 0.5) is 0 Å². The third kappa shape index (κ3) is 1.55. The first-order chi connectivity index (χ1) is 10.3. The first-order valence-corrected chi connectivity index (χ1v) is 8.93. The van der Waals surface area contributed by atoms with Crippen molar-refractivity contribution in [3.05, 3.63) is 35.4 Å². The average Bonchev–Trinajstić information content (AvgIpc) is 3.13. The molecule has 0 amide bonds. The van der Waals surface area contributed by atoms with Gasteiger partial charge in [0.2, 0.25) is 0 Å². The van der Waals surface area contributed by atoms with Crippen LogP contribution in [-0.2, 0) is 4.79 Å². The summed E-state index contributed by atoms with van der Waals surface area (Å²) in [5, 5.41) is 0. The van der Waals surface area contributed by atoms with Crippen LogP contribution in [0, 0.1) is 17.3 Å². The molecule has 0 N–H and O–H groups in total. The quantitative estimate of drug-likeness (QED) is 0.666. The molecule has 1 spiro atoms. The first kappa shape index (κ1) is 12.4. The Morgan fingerprint density at radius 3 is 2.76 bits per heavy atom. The van der Waals surface area contributed by atoms with E-state index in [-0.39, 0.29) is 5.41 Å². The van der Waals surface area contributed by atoms with E-state index in [0.717, 1.165) is 24.7 Å². The smallest absolute Gasteiger partial charge is 0.139 e. The maximum absolute atomic E-state index is 13.0. The highest BCUT2D eigenvalue weighted by atomic mass is 16.1. The van der Waals surface area contributed by atoms with Crippen LogP contribution in [-0.4, -0.2) is 5.78 Å². The van der Waals surface area contributed by atoms with Gasteiger partial charge in [-0.3, -0.25) is 4.79 Å². The molecule has 0 unspecified atom stereocenters. The normalized spacial score (nSPS) is 43.9. The van der Waals surface area contributed by atoms with E-state index >= 15 is 0 Å². The molecule has 1 aromatic rings. The molecule has 0 aromatic heterocycles. The fourth-order valence-electron chi connectivity index (χ4n) is 6.26. The summed E-state index contributed by atoms with van der Waals surface area (Å²) < 4.78 is 0. The average molecular weight is 280 g/mol. The van der Waals surface area contributed by atoms with Crippen LogP contribution in [0.1, 0.15) is 74.3 Å². The highest BCUT2D eigenvalue weighted by molar-refractivity contribution is 5.87. The molecule has 4 aliphatic rings. The molecule has 1 nitrogen and oxygen atoms in total. The van der Waals surface area contributed by atoms with Gasteiger partial charge in [0, 0.05) is 11.8 Å². The number of Topliss-reactive ketones (excluding diaryl/α,β-unsaturated/α-hetero) is 1. The second kappa shape index (κ2) is 4.21. The molecule has 0 aliphatic heterocycles. The van der Waals surface area contributed by atoms with Crippen molar-refractivity contribution in [2.75, 3.05) is 0 Å². The summed E-state index contributed by atoms with van der Waals surface area (Å²) in [6, 6.07) is 9.13. The van der Waals surface area contributed by atoms with Crippen molar-refractivity contribution in [1.82, 2.24) is 0 Å². The molecular weight excluding hydrogens is 256 g/mol. The van der Waals surface area contributed by atoms with E-state index < -0.39 is 0 Å². The molecule has 3 saturated carbocycles. The predicted molar refractivity (Wildman–Crippen MR) is 83.3 cm³/mol. The van der Waals surface area contributed by atoms with Crippen LogP contribution in [0.15, 0.2) is 24.3 Å². The number of fused-ring (bicyclic) bond motifs is 4. The molecule has 0 radical (unpaired) electrons. The number of ketones is 1. The topological polar surface area (TPSA) is 17.1 Å². The van der Waals surface area contributed by atoms with Gasteiger partial charge >= 0.3 is 0 Å². The zero-order valence-electron chi connectivity index (χ0n) is 12.7. The SMILES string of the molecule is O=C1CCC[C@H]2c3ccccc3[C@H]3C[C@H]3C[C@H]3CCC[C@]132. The van der Waals surface area contributed by atoms with Crippen molar-refractivity contribution in [2.45, 2.75) is 63.2 Å². The lowest BCUT2D eigenvalue weighted by molar-refractivity contribution is -0.135. The number of hydrogen-bond acceptors (Lipinski definition) is 1. The molecule has 0 saturated heterocycles. The van der Waals surface area contributed by atoms with E-state index in [1.165, 1.54) is 38.5 Å². The number of hydrogen-bond donors (Lipinski definition) is 0. The van der Waals surface area contributed by atoms with E-state index in [1.807, 2.05) is 0 Å². The van der Waals surface area contributed by atoms with Crippen LogP contribution >= 0.6 is 0 Å². The fraction of sp³-hybridized carbons (Fsp3) is 0.650. The van der Waals surface area contributed by atoms with Gasteiger partial charge in [-0.2, -0.15) is 0 Å². The van der Waals surface area contributed by atoms with E-state index in [4.69, 9.17) is 0 Å². The number of rotatable bonds is 0. The molecule has 4 aliphatic carbocycles. The number of carbonyl (C=O) groups is 1. The lowest BCUT2D eigenvalue weighted by Crippen LogP contribution is -2.44. The number of benzene rings is 1. The van der Waals surface area contributed by atoms with Crippen LogP contribution in [0.2, 0.25) is 0 Å². The Bertz CT molecular complexity index is 604. The summed E-state index contributed by atoms with van der Waals surface area (Å²) in [6.45, 7) is 0. The van der Waals surface area contributed by atoms with E-state index in [0.29, 0.717) is 17.6 Å². The zero-order valence-corrected chi connectivity index (χ0v) is 12.7. The Hall–Kier alpha value is -1.11. The first-order valence-electron chi connectivity index (χ1n) is 8.93. The minimum Gasteiger partial charge on any atom is -0.299 e. The molecule has 1 heteroatoms. The van der Waals surface area contributed by atoms with E-state index in [2.05, 4.69) is 24.3 Å². The van der Waals surface area contributed by atoms with Gasteiger partial charge in [0.15, 0.2) is 0 Å². The Balaban J connectivity index is 1.73. The van der Waals surface area contributed by atoms with Gasteiger partial charge in [-0.1, -0.05) is 30.7 Å². The highest BCUT2D eigenvalue weighted by Gasteiger charge is 2.58. The van der Waals surface area contributed by atoms with Crippen LogP contribution in [0.25, 0.3) is 0 Å². The third-order valence-electron chi connectivity index (χ3n) is 7.19. The monoisotopic (exact) mass is 280 g/mol. The maximum atomic E-state index is 13.0. The molecule has 110 valence electrons. The van der Waals surface area contributed by atoms with Crippen molar-refractivity contribution >= 4 is 5.78 Å². The zero-order chi connectivity index (χ0) is 14.0. The van der Waals surface area contributed by atoms with E-state index in [1.54, 1.807) is 11.1 Å². The summed E-state index contributed by atoms with van der Waals surface area (Å²) in [5.41, 5.74) is 3.19. The number of carbonyl (C=O) groups excluding carboxylic acids is 1. The van der Waals surface area contributed by atoms with Crippen molar-refractivity contribution in [3.8, 4) is 0 Å². The summed E-state index contributed by atoms with van der Waals surface area (Å²) in [4.78, 5) is 13.0. The molecule has 3 fully saturated rings. The van der Waals surface area contributed by atoms with Crippen LogP contribution in [0.5, 0.6) is 0 Å². The van der Waals surface area contributed by atoms with Gasteiger partial charge in [-0.15, -0.1) is 0 Å². The summed E-state index contributed by atoms with van der Waals surface area (Å²) in [7, 11) is 0.